The summed E-state index contributed by atoms with van der Waals surface area (Å²) in [5.74, 6) is 0. The number of hydrogen-bond acceptors (Lipinski definition) is 1. The van der Waals surface area contributed by atoms with Crippen LogP contribution in [0.15, 0.2) is 224 Å². The van der Waals surface area contributed by atoms with E-state index < -0.39 is 0 Å². The molecule has 0 spiro atoms. The fourth-order valence-corrected chi connectivity index (χ4v) is 11.4. The first kappa shape index (κ1) is 46.8. The number of nitrogens with zero attached hydrogens (tertiary/aromatic N) is 4. The van der Waals surface area contributed by atoms with E-state index in [4.69, 9.17) is 6.57 Å². The van der Waals surface area contributed by atoms with Gasteiger partial charge in [-0.1, -0.05) is 168 Å². The van der Waals surface area contributed by atoms with Crippen molar-refractivity contribution in [1.29, 1.82) is 5.26 Å². The largest absolute Gasteiger partial charge is 0.309 e. The molecule has 2 heterocycles. The van der Waals surface area contributed by atoms with Crippen LogP contribution in [0.1, 0.15) is 33.4 Å². The molecular formula is C73H52N4. The monoisotopic (exact) mass is 984 g/mol. The van der Waals surface area contributed by atoms with Crippen LogP contribution >= 0.6 is 0 Å². The third-order valence-electron chi connectivity index (χ3n) is 15.6. The Labute approximate surface area is 449 Å². The van der Waals surface area contributed by atoms with E-state index in [-0.39, 0.29) is 0 Å². The molecule has 4 heteroatoms. The summed E-state index contributed by atoms with van der Waals surface area (Å²) in [5.41, 5.74) is 26.0. The standard InChI is InChI=1S/C73H52N4/c1-45-7-16-50(17-8-45)54-24-32-69-64(38-54)65-39-55(51-18-9-46(2)10-19-51)25-33-70(65)76(69)60-29-31-62(61-30-15-49(5)37-58(61)44-74)63(43-60)68-42-59(75-6)28-36-73(68)77-71-34-26-56(52-20-11-47(3)12-21-52)40-66(71)67-41-57(27-35-72(67)77)53-22-13-48(4)14-23-53/h7-43H,1-5H3. The van der Waals surface area contributed by atoms with Crippen molar-refractivity contribution in [2.45, 2.75) is 34.6 Å². The second kappa shape index (κ2) is 18.7. The van der Waals surface area contributed by atoms with E-state index >= 15 is 0 Å². The summed E-state index contributed by atoms with van der Waals surface area (Å²) in [5, 5.41) is 15.4. The lowest BCUT2D eigenvalue weighted by Gasteiger charge is -2.20. The molecule has 0 aliphatic carbocycles. The molecule has 77 heavy (non-hydrogen) atoms. The Morgan fingerprint density at radius 3 is 1.10 bits per heavy atom. The van der Waals surface area contributed by atoms with Gasteiger partial charge in [0.2, 0.25) is 0 Å². The van der Waals surface area contributed by atoms with Crippen LogP contribution < -0.4 is 0 Å². The minimum absolute atomic E-state index is 0.526. The number of aromatic nitrogens is 2. The van der Waals surface area contributed by atoms with Crippen LogP contribution in [0.2, 0.25) is 0 Å². The summed E-state index contributed by atoms with van der Waals surface area (Å²) in [4.78, 5) is 4.07. The predicted octanol–water partition coefficient (Wildman–Crippen LogP) is 19.8. The number of hydrogen-bond donors (Lipinski definition) is 0. The molecule has 0 saturated heterocycles. The number of benzene rings is 11. The Balaban J connectivity index is 1.09. The third-order valence-corrected chi connectivity index (χ3v) is 15.6. The van der Waals surface area contributed by atoms with E-state index in [1.165, 1.54) is 33.4 Å². The second-order valence-corrected chi connectivity index (χ2v) is 20.8. The molecule has 2 aromatic heterocycles. The van der Waals surface area contributed by atoms with Gasteiger partial charge in [0.15, 0.2) is 5.69 Å². The predicted molar refractivity (Wildman–Crippen MR) is 322 cm³/mol. The molecule has 11 aromatic carbocycles. The van der Waals surface area contributed by atoms with Crippen LogP contribution in [-0.2, 0) is 0 Å². The Morgan fingerprint density at radius 2 is 0.701 bits per heavy atom. The molecular weight excluding hydrogens is 933 g/mol. The van der Waals surface area contributed by atoms with E-state index in [0.29, 0.717) is 11.3 Å². The first-order valence-electron chi connectivity index (χ1n) is 26.2. The highest BCUT2D eigenvalue weighted by molar-refractivity contribution is 6.14. The molecule has 0 amide bonds. The number of nitriles is 1. The summed E-state index contributed by atoms with van der Waals surface area (Å²) in [6.07, 6.45) is 0. The first-order valence-corrected chi connectivity index (χ1v) is 26.2. The van der Waals surface area contributed by atoms with Gasteiger partial charge in [0.1, 0.15) is 0 Å². The molecule has 13 aromatic rings. The normalized spacial score (nSPS) is 11.4. The lowest BCUT2D eigenvalue weighted by Crippen LogP contribution is -2.01. The van der Waals surface area contributed by atoms with Crippen molar-refractivity contribution in [2.75, 3.05) is 0 Å². The fourth-order valence-electron chi connectivity index (χ4n) is 11.4. The van der Waals surface area contributed by atoms with E-state index in [9.17, 15) is 5.26 Å². The summed E-state index contributed by atoms with van der Waals surface area (Å²) in [6.45, 7) is 19.0. The van der Waals surface area contributed by atoms with E-state index in [2.05, 4.69) is 254 Å². The number of rotatable bonds is 8. The van der Waals surface area contributed by atoms with Crippen molar-refractivity contribution in [3.63, 3.8) is 0 Å². The van der Waals surface area contributed by atoms with Crippen LogP contribution in [-0.4, -0.2) is 9.13 Å². The molecule has 0 atom stereocenters. The van der Waals surface area contributed by atoms with Crippen LogP contribution in [0.4, 0.5) is 5.69 Å². The Morgan fingerprint density at radius 1 is 0.325 bits per heavy atom. The highest BCUT2D eigenvalue weighted by Crippen LogP contribution is 2.46. The molecule has 0 bridgehead atoms. The van der Waals surface area contributed by atoms with E-state index in [0.717, 1.165) is 116 Å². The van der Waals surface area contributed by atoms with Crippen molar-refractivity contribution in [2.24, 2.45) is 0 Å². The van der Waals surface area contributed by atoms with Crippen LogP contribution in [0.25, 0.3) is 127 Å². The molecule has 0 saturated carbocycles. The van der Waals surface area contributed by atoms with Gasteiger partial charge in [-0.3, -0.25) is 0 Å². The van der Waals surface area contributed by atoms with Gasteiger partial charge in [0.05, 0.1) is 46.0 Å². The zero-order valence-corrected chi connectivity index (χ0v) is 43.7. The van der Waals surface area contributed by atoms with E-state index in [1.54, 1.807) is 0 Å². The van der Waals surface area contributed by atoms with Crippen molar-refractivity contribution in [3.05, 3.63) is 269 Å². The molecule has 4 nitrogen and oxygen atoms in total. The minimum Gasteiger partial charge on any atom is -0.309 e. The molecule has 364 valence electrons. The topological polar surface area (TPSA) is 38.0 Å². The van der Waals surface area contributed by atoms with Gasteiger partial charge >= 0.3 is 0 Å². The summed E-state index contributed by atoms with van der Waals surface area (Å²) < 4.78 is 4.76. The van der Waals surface area contributed by atoms with Gasteiger partial charge in [-0.05, 0) is 180 Å². The van der Waals surface area contributed by atoms with Gasteiger partial charge < -0.3 is 9.13 Å². The number of fused-ring (bicyclic) bond motifs is 6. The number of aryl methyl sites for hydroxylation is 5. The Hall–Kier alpha value is -10.0. The highest BCUT2D eigenvalue weighted by atomic mass is 15.0. The molecule has 0 radical (unpaired) electrons. The second-order valence-electron chi connectivity index (χ2n) is 20.8. The van der Waals surface area contributed by atoms with Gasteiger partial charge in [-0.2, -0.15) is 5.26 Å². The van der Waals surface area contributed by atoms with Gasteiger partial charge in [0, 0.05) is 32.8 Å². The smallest absolute Gasteiger partial charge is 0.188 e. The van der Waals surface area contributed by atoms with Gasteiger partial charge in [0.25, 0.3) is 0 Å². The quantitative estimate of drug-likeness (QED) is 0.140. The average molecular weight is 985 g/mol. The van der Waals surface area contributed by atoms with Crippen LogP contribution in [0.3, 0.4) is 0 Å². The van der Waals surface area contributed by atoms with Crippen LogP contribution in [0.5, 0.6) is 0 Å². The lowest BCUT2D eigenvalue weighted by molar-refractivity contribution is 1.17. The molecule has 0 fully saturated rings. The highest BCUT2D eigenvalue weighted by Gasteiger charge is 2.23. The third kappa shape index (κ3) is 8.25. The molecule has 0 aliphatic rings. The Kier molecular flexibility index (Phi) is 11.4. The Bertz CT molecular complexity index is 4390. The van der Waals surface area contributed by atoms with Crippen LogP contribution in [0, 0.1) is 52.5 Å². The van der Waals surface area contributed by atoms with Crippen molar-refractivity contribution in [3.8, 4) is 84.2 Å². The maximum absolute atomic E-state index is 10.8. The molecule has 0 unspecified atom stereocenters. The zero-order chi connectivity index (χ0) is 52.5. The maximum Gasteiger partial charge on any atom is 0.188 e. The molecule has 0 N–H and O–H groups in total. The first-order chi connectivity index (χ1) is 37.6. The van der Waals surface area contributed by atoms with Crippen molar-refractivity contribution >= 4 is 49.3 Å². The SMILES string of the molecule is [C-]#[N+]c1ccc(-n2c3ccc(-c4ccc(C)cc4)cc3c3cc(-c4ccc(C)cc4)ccc32)c(-c2cc(-n3c4ccc(-c5ccc(C)cc5)cc4c4cc(-c5ccc(C)cc5)ccc43)ccc2-c2ccc(C)cc2C#N)c1. The average Bonchev–Trinajstić information content (AvgIpc) is 4.10. The maximum atomic E-state index is 10.8. The zero-order valence-electron chi connectivity index (χ0n) is 43.7. The summed E-state index contributed by atoms with van der Waals surface area (Å²) in [6, 6.07) is 83.7. The fraction of sp³-hybridized carbons (Fsp3) is 0.0685. The van der Waals surface area contributed by atoms with Crippen molar-refractivity contribution < 1.29 is 0 Å². The summed E-state index contributed by atoms with van der Waals surface area (Å²) >= 11 is 0. The molecule has 0 aliphatic heterocycles. The van der Waals surface area contributed by atoms with Crippen molar-refractivity contribution in [1.82, 2.24) is 9.13 Å². The summed E-state index contributed by atoms with van der Waals surface area (Å²) in [7, 11) is 0. The molecule has 13 rings (SSSR count). The lowest BCUT2D eigenvalue weighted by atomic mass is 9.89. The van der Waals surface area contributed by atoms with E-state index in [1.807, 2.05) is 25.1 Å². The van der Waals surface area contributed by atoms with Gasteiger partial charge in [-0.25, -0.2) is 4.85 Å². The minimum atomic E-state index is 0.526. The van der Waals surface area contributed by atoms with Gasteiger partial charge in [-0.15, -0.1) is 0 Å².